The second-order valence-corrected chi connectivity index (χ2v) is 4.65. The molecule has 2 unspecified atom stereocenters. The Bertz CT molecular complexity index is 634. The number of anilines is 1. The van der Waals surface area contributed by atoms with Crippen molar-refractivity contribution in [2.75, 3.05) is 19.1 Å². The summed E-state index contributed by atoms with van der Waals surface area (Å²) in [6, 6.07) is 0. The molecule has 0 amide bonds. The Kier molecular flexibility index (Phi) is 3.69. The van der Waals surface area contributed by atoms with Crippen LogP contribution in [-0.2, 0) is 4.74 Å². The third kappa shape index (κ3) is 2.22. The standard InChI is InChI=1S/C11H16N6O4/c1-12-16-9-6-10(14-3-13-9)17(4-15-6)11-8(20)7(19)5(2-18)21-11/h3-5,7-8,11-12,18-20H,2H2,1H3,(H,13,14,16)/t5-,7?,8?,11-/m1/s1. The molecule has 0 bridgehead atoms. The van der Waals surface area contributed by atoms with E-state index in [0.29, 0.717) is 17.0 Å². The van der Waals surface area contributed by atoms with Crippen LogP contribution in [0.1, 0.15) is 6.23 Å². The molecule has 2 aromatic heterocycles. The number of hydrazine groups is 1. The first-order valence-electron chi connectivity index (χ1n) is 6.40. The van der Waals surface area contributed by atoms with Crippen LogP contribution in [0.25, 0.3) is 11.2 Å². The minimum atomic E-state index is -1.18. The minimum Gasteiger partial charge on any atom is -0.394 e. The number of hydrogen-bond donors (Lipinski definition) is 5. The first kappa shape index (κ1) is 14.1. The molecule has 0 spiro atoms. The van der Waals surface area contributed by atoms with Crippen molar-refractivity contribution in [1.29, 1.82) is 0 Å². The number of ether oxygens (including phenoxy) is 1. The number of nitrogens with zero attached hydrogens (tertiary/aromatic N) is 4. The highest BCUT2D eigenvalue weighted by molar-refractivity contribution is 5.82. The highest BCUT2D eigenvalue weighted by Gasteiger charge is 2.43. The lowest BCUT2D eigenvalue weighted by Crippen LogP contribution is -2.33. The summed E-state index contributed by atoms with van der Waals surface area (Å²) in [6.45, 7) is -0.386. The monoisotopic (exact) mass is 296 g/mol. The van der Waals surface area contributed by atoms with Crippen molar-refractivity contribution < 1.29 is 20.1 Å². The molecule has 0 saturated carbocycles. The number of aliphatic hydroxyl groups is 3. The van der Waals surface area contributed by atoms with Crippen molar-refractivity contribution >= 4 is 17.0 Å². The summed E-state index contributed by atoms with van der Waals surface area (Å²) in [5.74, 6) is 0.480. The lowest BCUT2D eigenvalue weighted by molar-refractivity contribution is -0.0511. The van der Waals surface area contributed by atoms with E-state index in [2.05, 4.69) is 25.8 Å². The summed E-state index contributed by atoms with van der Waals surface area (Å²) in [4.78, 5) is 12.4. The molecular weight excluding hydrogens is 280 g/mol. The fraction of sp³-hybridized carbons (Fsp3) is 0.545. The third-order valence-electron chi connectivity index (χ3n) is 3.39. The second-order valence-electron chi connectivity index (χ2n) is 4.65. The molecule has 4 atom stereocenters. The normalized spacial score (nSPS) is 29.1. The second kappa shape index (κ2) is 5.50. The number of fused-ring (bicyclic) bond motifs is 1. The van der Waals surface area contributed by atoms with Crippen molar-refractivity contribution in [3.05, 3.63) is 12.7 Å². The van der Waals surface area contributed by atoms with Crippen molar-refractivity contribution in [3.63, 3.8) is 0 Å². The van der Waals surface area contributed by atoms with E-state index in [0.717, 1.165) is 0 Å². The molecule has 1 aliphatic heterocycles. The number of nitrogens with one attached hydrogen (secondary N) is 2. The lowest BCUT2D eigenvalue weighted by Gasteiger charge is -2.16. The molecule has 0 aliphatic carbocycles. The Morgan fingerprint density at radius 3 is 2.76 bits per heavy atom. The van der Waals surface area contributed by atoms with Crippen LogP contribution in [0, 0.1) is 0 Å². The van der Waals surface area contributed by atoms with Gasteiger partial charge in [0.25, 0.3) is 0 Å². The maximum Gasteiger partial charge on any atom is 0.171 e. The summed E-state index contributed by atoms with van der Waals surface area (Å²) >= 11 is 0. The summed E-state index contributed by atoms with van der Waals surface area (Å²) in [5, 5.41) is 29.0. The average Bonchev–Trinajstić information content (AvgIpc) is 3.03. The molecular formula is C11H16N6O4. The van der Waals surface area contributed by atoms with Gasteiger partial charge in [0, 0.05) is 7.05 Å². The fourth-order valence-electron chi connectivity index (χ4n) is 2.36. The van der Waals surface area contributed by atoms with Gasteiger partial charge in [0.15, 0.2) is 23.2 Å². The van der Waals surface area contributed by atoms with Gasteiger partial charge in [-0.05, 0) is 0 Å². The summed E-state index contributed by atoms with van der Waals surface area (Å²) in [5.41, 5.74) is 6.50. The Morgan fingerprint density at radius 2 is 2.10 bits per heavy atom. The molecule has 2 aromatic rings. The molecule has 1 fully saturated rings. The zero-order valence-corrected chi connectivity index (χ0v) is 11.2. The zero-order valence-electron chi connectivity index (χ0n) is 11.2. The van der Waals surface area contributed by atoms with E-state index in [1.54, 1.807) is 7.05 Å². The van der Waals surface area contributed by atoms with Crippen LogP contribution >= 0.6 is 0 Å². The van der Waals surface area contributed by atoms with Crippen LogP contribution in [0.2, 0.25) is 0 Å². The van der Waals surface area contributed by atoms with E-state index in [9.17, 15) is 10.2 Å². The van der Waals surface area contributed by atoms with Crippen LogP contribution in [0.15, 0.2) is 12.7 Å². The third-order valence-corrected chi connectivity index (χ3v) is 3.39. The maximum absolute atomic E-state index is 10.1. The van der Waals surface area contributed by atoms with Gasteiger partial charge in [-0.1, -0.05) is 0 Å². The van der Waals surface area contributed by atoms with Crippen LogP contribution < -0.4 is 10.9 Å². The first-order chi connectivity index (χ1) is 10.2. The van der Waals surface area contributed by atoms with Gasteiger partial charge in [0.05, 0.1) is 12.9 Å². The molecule has 1 saturated heterocycles. The summed E-state index contributed by atoms with van der Waals surface area (Å²) in [7, 11) is 1.69. The Labute approximate surface area is 119 Å². The Morgan fingerprint density at radius 1 is 1.29 bits per heavy atom. The maximum atomic E-state index is 10.1. The average molecular weight is 296 g/mol. The van der Waals surface area contributed by atoms with Crippen LogP contribution in [-0.4, -0.2) is 66.8 Å². The molecule has 0 radical (unpaired) electrons. The number of aromatic nitrogens is 4. The number of rotatable bonds is 4. The largest absolute Gasteiger partial charge is 0.394 e. The topological polar surface area (TPSA) is 138 Å². The molecule has 3 heterocycles. The minimum absolute atomic E-state index is 0.386. The van der Waals surface area contributed by atoms with Crippen molar-refractivity contribution in [3.8, 4) is 0 Å². The predicted molar refractivity (Wildman–Crippen MR) is 71.0 cm³/mol. The van der Waals surface area contributed by atoms with Gasteiger partial charge in [0.1, 0.15) is 24.6 Å². The van der Waals surface area contributed by atoms with Gasteiger partial charge in [-0.25, -0.2) is 20.4 Å². The quantitative estimate of drug-likeness (QED) is 0.405. The Balaban J connectivity index is 2.00. The molecule has 3 rings (SSSR count). The summed E-state index contributed by atoms with van der Waals surface area (Å²) < 4.78 is 6.97. The van der Waals surface area contributed by atoms with Crippen molar-refractivity contribution in [1.82, 2.24) is 24.9 Å². The van der Waals surface area contributed by atoms with Gasteiger partial charge in [-0.3, -0.25) is 4.57 Å². The van der Waals surface area contributed by atoms with Crippen LogP contribution in [0.4, 0.5) is 5.82 Å². The predicted octanol–water partition coefficient (Wildman–Crippen LogP) is -2.02. The number of aliphatic hydroxyl groups excluding tert-OH is 3. The molecule has 1 aliphatic rings. The van der Waals surface area contributed by atoms with E-state index in [4.69, 9.17) is 9.84 Å². The molecule has 0 aromatic carbocycles. The van der Waals surface area contributed by atoms with Gasteiger partial charge in [-0.2, -0.15) is 0 Å². The smallest absolute Gasteiger partial charge is 0.171 e. The molecule has 10 heteroatoms. The highest BCUT2D eigenvalue weighted by atomic mass is 16.6. The van der Waals surface area contributed by atoms with E-state index < -0.39 is 24.5 Å². The van der Waals surface area contributed by atoms with Crippen LogP contribution in [0.5, 0.6) is 0 Å². The molecule has 114 valence electrons. The number of imidazole rings is 1. The van der Waals surface area contributed by atoms with Crippen molar-refractivity contribution in [2.45, 2.75) is 24.5 Å². The van der Waals surface area contributed by atoms with Gasteiger partial charge < -0.3 is 25.5 Å². The number of hydrogen-bond acceptors (Lipinski definition) is 9. The van der Waals surface area contributed by atoms with Gasteiger partial charge >= 0.3 is 0 Å². The van der Waals surface area contributed by atoms with E-state index in [1.165, 1.54) is 17.2 Å². The summed E-state index contributed by atoms with van der Waals surface area (Å²) in [6.07, 6.45) is -1.29. The Hall–Kier alpha value is -1.85. The van der Waals surface area contributed by atoms with Crippen LogP contribution in [0.3, 0.4) is 0 Å². The molecule has 10 nitrogen and oxygen atoms in total. The van der Waals surface area contributed by atoms with E-state index >= 15 is 0 Å². The lowest BCUT2D eigenvalue weighted by atomic mass is 10.1. The van der Waals surface area contributed by atoms with Crippen molar-refractivity contribution in [2.24, 2.45) is 0 Å². The molecule has 21 heavy (non-hydrogen) atoms. The SMILES string of the molecule is CNNc1ncnc2c1ncn2[C@@H]1O[C@H](CO)C(O)C1O. The fourth-order valence-corrected chi connectivity index (χ4v) is 2.36. The first-order valence-corrected chi connectivity index (χ1v) is 6.40. The zero-order chi connectivity index (χ0) is 15.0. The van der Waals surface area contributed by atoms with Gasteiger partial charge in [-0.15, -0.1) is 0 Å². The molecule has 5 N–H and O–H groups in total. The van der Waals surface area contributed by atoms with Gasteiger partial charge in [0.2, 0.25) is 0 Å². The van der Waals surface area contributed by atoms with E-state index in [-0.39, 0.29) is 6.61 Å². The highest BCUT2D eigenvalue weighted by Crippen LogP contribution is 2.31. The van der Waals surface area contributed by atoms with E-state index in [1.807, 2.05) is 0 Å².